The summed E-state index contributed by atoms with van der Waals surface area (Å²) >= 11 is 0. The molecule has 0 aliphatic carbocycles. The first-order valence-electron chi connectivity index (χ1n) is 8.37. The van der Waals surface area contributed by atoms with Gasteiger partial charge in [0.15, 0.2) is 5.82 Å². The molecule has 1 amide bonds. The van der Waals surface area contributed by atoms with Crippen molar-refractivity contribution in [3.05, 3.63) is 52.7 Å². The largest absolute Gasteiger partial charge is 0.376 e. The fraction of sp³-hybridized carbons (Fsp3) is 0.353. The monoisotopic (exact) mass is 355 g/mol. The number of rotatable bonds is 5. The highest BCUT2D eigenvalue weighted by molar-refractivity contribution is 5.89. The van der Waals surface area contributed by atoms with Crippen molar-refractivity contribution in [1.82, 2.24) is 25.0 Å². The van der Waals surface area contributed by atoms with E-state index in [0.29, 0.717) is 17.4 Å². The van der Waals surface area contributed by atoms with Crippen LogP contribution < -0.4 is 10.9 Å². The molecule has 1 fully saturated rings. The zero-order valence-electron chi connectivity index (χ0n) is 13.9. The average Bonchev–Trinajstić information content (AvgIpc) is 3.34. The quantitative estimate of drug-likeness (QED) is 0.718. The highest BCUT2D eigenvalue weighted by Crippen LogP contribution is 2.11. The topological polar surface area (TPSA) is 112 Å². The lowest BCUT2D eigenvalue weighted by Crippen LogP contribution is -2.32. The molecule has 9 nitrogen and oxygen atoms in total. The Balaban J connectivity index is 1.45. The third kappa shape index (κ3) is 3.33. The van der Waals surface area contributed by atoms with Crippen LogP contribution >= 0.6 is 0 Å². The maximum Gasteiger partial charge on any atom is 0.316 e. The van der Waals surface area contributed by atoms with Gasteiger partial charge in [0.05, 0.1) is 29.9 Å². The first kappa shape index (κ1) is 16.4. The second kappa shape index (κ2) is 7.04. The molecule has 134 valence electrons. The lowest BCUT2D eigenvalue weighted by molar-refractivity contribution is 0.0822. The number of carbonyl (C=O) groups is 1. The van der Waals surface area contributed by atoms with Gasteiger partial charge in [-0.25, -0.2) is 4.98 Å². The van der Waals surface area contributed by atoms with E-state index < -0.39 is 5.91 Å². The smallest absolute Gasteiger partial charge is 0.316 e. The van der Waals surface area contributed by atoms with Gasteiger partial charge in [0.1, 0.15) is 0 Å². The Kier molecular flexibility index (Phi) is 4.44. The van der Waals surface area contributed by atoms with E-state index in [1.54, 1.807) is 18.2 Å². The average molecular weight is 355 g/mol. The van der Waals surface area contributed by atoms with Crippen LogP contribution in [0.3, 0.4) is 0 Å². The van der Waals surface area contributed by atoms with Crippen LogP contribution in [-0.4, -0.2) is 44.9 Å². The van der Waals surface area contributed by atoms with Crippen molar-refractivity contribution in [3.63, 3.8) is 0 Å². The van der Waals surface area contributed by atoms with E-state index in [0.717, 1.165) is 19.4 Å². The Labute approximate surface area is 148 Å². The van der Waals surface area contributed by atoms with E-state index in [1.807, 2.05) is 6.07 Å². The molecule has 26 heavy (non-hydrogen) atoms. The molecule has 0 saturated carbocycles. The maximum atomic E-state index is 12.5. The van der Waals surface area contributed by atoms with Crippen LogP contribution in [0.25, 0.3) is 10.9 Å². The lowest BCUT2D eigenvalue weighted by atomic mass is 10.2. The Morgan fingerprint density at radius 1 is 1.35 bits per heavy atom. The Bertz CT molecular complexity index is 990. The third-order valence-corrected chi connectivity index (χ3v) is 4.22. The molecule has 0 spiro atoms. The minimum Gasteiger partial charge on any atom is -0.376 e. The van der Waals surface area contributed by atoms with Gasteiger partial charge in [-0.05, 0) is 25.0 Å². The number of amides is 1. The van der Waals surface area contributed by atoms with Crippen molar-refractivity contribution < 1.29 is 14.1 Å². The van der Waals surface area contributed by atoms with Gasteiger partial charge in [0.2, 0.25) is 0 Å². The zero-order chi connectivity index (χ0) is 17.9. The predicted octanol–water partition coefficient (Wildman–Crippen LogP) is 0.737. The summed E-state index contributed by atoms with van der Waals surface area (Å²) in [4.78, 5) is 32.8. The zero-order valence-corrected chi connectivity index (χ0v) is 13.9. The number of hydrogen-bond acceptors (Lipinski definition) is 7. The number of nitrogens with zero attached hydrogens (tertiary/aromatic N) is 4. The second-order valence-corrected chi connectivity index (χ2v) is 6.06. The standard InChI is InChI=1S/C17H17N5O4/c23-15(18-8-11-4-3-7-25-11)16-20-14(21-26-16)9-22-10-19-13-6-2-1-5-12(13)17(22)24/h1-2,5-6,10-11H,3-4,7-9H2,(H,18,23)/t11-/m0/s1. The Morgan fingerprint density at radius 2 is 2.23 bits per heavy atom. The lowest BCUT2D eigenvalue weighted by Gasteiger charge is -2.08. The van der Waals surface area contributed by atoms with Gasteiger partial charge in [0, 0.05) is 13.2 Å². The van der Waals surface area contributed by atoms with Gasteiger partial charge >= 0.3 is 11.8 Å². The maximum absolute atomic E-state index is 12.5. The third-order valence-electron chi connectivity index (χ3n) is 4.22. The van der Waals surface area contributed by atoms with Gasteiger partial charge in [-0.2, -0.15) is 4.98 Å². The van der Waals surface area contributed by atoms with Crippen molar-refractivity contribution in [3.8, 4) is 0 Å². The van der Waals surface area contributed by atoms with Gasteiger partial charge < -0.3 is 14.6 Å². The SMILES string of the molecule is O=C(NC[C@@H]1CCCO1)c1nc(Cn2cnc3ccccc3c2=O)no1. The minimum absolute atomic E-state index is 0.0311. The highest BCUT2D eigenvalue weighted by atomic mass is 16.5. The van der Waals surface area contributed by atoms with Gasteiger partial charge in [-0.1, -0.05) is 17.3 Å². The van der Waals surface area contributed by atoms with E-state index in [1.165, 1.54) is 10.9 Å². The van der Waals surface area contributed by atoms with E-state index >= 15 is 0 Å². The predicted molar refractivity (Wildman–Crippen MR) is 90.7 cm³/mol. The van der Waals surface area contributed by atoms with Crippen LogP contribution in [0, 0.1) is 0 Å². The van der Waals surface area contributed by atoms with Gasteiger partial charge in [-0.15, -0.1) is 0 Å². The first-order valence-corrected chi connectivity index (χ1v) is 8.37. The number of aromatic nitrogens is 4. The normalized spacial score (nSPS) is 16.8. The fourth-order valence-corrected chi connectivity index (χ4v) is 2.87. The summed E-state index contributed by atoms with van der Waals surface area (Å²) in [6.45, 7) is 1.20. The van der Waals surface area contributed by atoms with E-state index in [2.05, 4.69) is 20.4 Å². The number of nitrogens with one attached hydrogen (secondary N) is 1. The van der Waals surface area contributed by atoms with Gasteiger partial charge in [-0.3, -0.25) is 14.2 Å². The van der Waals surface area contributed by atoms with Crippen LogP contribution in [0.5, 0.6) is 0 Å². The van der Waals surface area contributed by atoms with Crippen LogP contribution in [0.2, 0.25) is 0 Å². The van der Waals surface area contributed by atoms with E-state index in [9.17, 15) is 9.59 Å². The molecule has 1 aliphatic rings. The highest BCUT2D eigenvalue weighted by Gasteiger charge is 2.20. The van der Waals surface area contributed by atoms with Crippen molar-refractivity contribution >= 4 is 16.8 Å². The number of benzene rings is 1. The first-order chi connectivity index (χ1) is 12.7. The molecule has 2 aromatic heterocycles. The summed E-state index contributed by atoms with van der Waals surface area (Å²) in [5.74, 6) is -0.366. The summed E-state index contributed by atoms with van der Waals surface area (Å²) in [7, 11) is 0. The summed E-state index contributed by atoms with van der Waals surface area (Å²) < 4.78 is 11.8. The Hall–Kier alpha value is -3.07. The van der Waals surface area contributed by atoms with E-state index in [-0.39, 0.29) is 29.9 Å². The molecule has 1 atom stereocenters. The van der Waals surface area contributed by atoms with Crippen LogP contribution in [-0.2, 0) is 11.3 Å². The summed E-state index contributed by atoms with van der Waals surface area (Å²) in [6, 6.07) is 7.08. The molecule has 1 N–H and O–H groups in total. The summed E-state index contributed by atoms with van der Waals surface area (Å²) in [5, 5.41) is 6.99. The van der Waals surface area contributed by atoms with Crippen molar-refractivity contribution in [2.24, 2.45) is 0 Å². The number of hydrogen-bond donors (Lipinski definition) is 1. The number of ether oxygens (including phenoxy) is 1. The van der Waals surface area contributed by atoms with Crippen molar-refractivity contribution in [2.75, 3.05) is 13.2 Å². The molecule has 3 heterocycles. The number of fused-ring (bicyclic) bond motifs is 1. The molecule has 1 aromatic carbocycles. The molecule has 0 unspecified atom stereocenters. The number of para-hydroxylation sites is 1. The molecule has 0 bridgehead atoms. The molecular weight excluding hydrogens is 338 g/mol. The summed E-state index contributed by atoms with van der Waals surface area (Å²) in [5.41, 5.74) is 0.417. The summed E-state index contributed by atoms with van der Waals surface area (Å²) in [6.07, 6.45) is 3.38. The van der Waals surface area contributed by atoms with Crippen molar-refractivity contribution in [1.29, 1.82) is 0 Å². The molecule has 1 aliphatic heterocycles. The van der Waals surface area contributed by atoms with Gasteiger partial charge in [0.25, 0.3) is 5.56 Å². The van der Waals surface area contributed by atoms with Crippen LogP contribution in [0.15, 0.2) is 39.9 Å². The molecule has 9 heteroatoms. The molecular formula is C17H17N5O4. The minimum atomic E-state index is -0.455. The molecule has 0 radical (unpaired) electrons. The molecule has 3 aromatic rings. The fourth-order valence-electron chi connectivity index (χ4n) is 2.87. The van der Waals surface area contributed by atoms with Crippen LogP contribution in [0.4, 0.5) is 0 Å². The molecule has 4 rings (SSSR count). The number of carbonyl (C=O) groups excluding carboxylic acids is 1. The Morgan fingerprint density at radius 3 is 3.08 bits per heavy atom. The van der Waals surface area contributed by atoms with E-state index in [4.69, 9.17) is 9.26 Å². The second-order valence-electron chi connectivity index (χ2n) is 6.06. The van der Waals surface area contributed by atoms with Crippen molar-refractivity contribution in [2.45, 2.75) is 25.5 Å². The van der Waals surface area contributed by atoms with Crippen LogP contribution in [0.1, 0.15) is 29.4 Å². The molecule has 1 saturated heterocycles.